The van der Waals surface area contributed by atoms with Gasteiger partial charge < -0.3 is 15.4 Å². The topological polar surface area (TPSA) is 73.9 Å². The van der Waals surface area contributed by atoms with Crippen molar-refractivity contribution < 1.29 is 14.3 Å². The van der Waals surface area contributed by atoms with Crippen LogP contribution in [0.1, 0.15) is 44.7 Å². The van der Waals surface area contributed by atoms with Gasteiger partial charge in [-0.2, -0.15) is 0 Å². The molecule has 7 nitrogen and oxygen atoms in total. The number of urea groups is 1. The van der Waals surface area contributed by atoms with Crippen molar-refractivity contribution in [2.75, 3.05) is 39.3 Å². The molecule has 1 atom stereocenters. The van der Waals surface area contributed by atoms with E-state index in [0.29, 0.717) is 30.3 Å². The summed E-state index contributed by atoms with van der Waals surface area (Å²) in [4.78, 5) is 29.1. The summed E-state index contributed by atoms with van der Waals surface area (Å²) in [5.41, 5.74) is 3.87. The van der Waals surface area contributed by atoms with Gasteiger partial charge in [-0.25, -0.2) is 9.59 Å². The van der Waals surface area contributed by atoms with Crippen LogP contribution in [0, 0.1) is 0 Å². The lowest BCUT2D eigenvalue weighted by Crippen LogP contribution is -2.53. The fourth-order valence-electron chi connectivity index (χ4n) is 4.00. The number of ether oxygens (including phenoxy) is 1. The Morgan fingerprint density at radius 2 is 1.70 bits per heavy atom. The predicted octanol–water partition coefficient (Wildman–Crippen LogP) is 2.45. The van der Waals surface area contributed by atoms with Crippen molar-refractivity contribution in [3.63, 3.8) is 0 Å². The SMILES string of the molecule is CCOC(=O)C1=C(CN2CCN(Cc3ccc(C(C)C)cc3)CC2)NC(=O)NC1C. The molecule has 2 heterocycles. The number of nitrogens with zero attached hydrogens (tertiary/aromatic N) is 2. The lowest BCUT2D eigenvalue weighted by atomic mass is 10.0. The van der Waals surface area contributed by atoms with E-state index >= 15 is 0 Å². The molecule has 0 saturated carbocycles. The molecule has 1 aromatic rings. The smallest absolute Gasteiger partial charge is 0.337 e. The molecule has 3 rings (SSSR count). The van der Waals surface area contributed by atoms with E-state index < -0.39 is 0 Å². The first kappa shape index (κ1) is 22.3. The van der Waals surface area contributed by atoms with Crippen LogP contribution in [0.25, 0.3) is 0 Å². The Labute approximate surface area is 179 Å². The minimum absolute atomic E-state index is 0.269. The first-order chi connectivity index (χ1) is 14.4. The van der Waals surface area contributed by atoms with Crippen LogP contribution in [0.2, 0.25) is 0 Å². The Balaban J connectivity index is 1.58. The minimum Gasteiger partial charge on any atom is -0.463 e. The Morgan fingerprint density at radius 3 is 2.27 bits per heavy atom. The van der Waals surface area contributed by atoms with Gasteiger partial charge in [-0.3, -0.25) is 9.80 Å². The van der Waals surface area contributed by atoms with E-state index in [1.165, 1.54) is 11.1 Å². The van der Waals surface area contributed by atoms with Gasteiger partial charge in [0.2, 0.25) is 0 Å². The van der Waals surface area contributed by atoms with E-state index in [1.54, 1.807) is 6.92 Å². The number of piperazine rings is 1. The summed E-state index contributed by atoms with van der Waals surface area (Å²) >= 11 is 0. The molecule has 0 bridgehead atoms. The Kier molecular flexibility index (Phi) is 7.50. The van der Waals surface area contributed by atoms with Gasteiger partial charge in [0.25, 0.3) is 0 Å². The summed E-state index contributed by atoms with van der Waals surface area (Å²) < 4.78 is 5.20. The maximum Gasteiger partial charge on any atom is 0.337 e. The normalized spacial score (nSPS) is 20.8. The summed E-state index contributed by atoms with van der Waals surface area (Å²) in [6, 6.07) is 8.27. The van der Waals surface area contributed by atoms with Crippen LogP contribution in [0.15, 0.2) is 35.5 Å². The van der Waals surface area contributed by atoms with Gasteiger partial charge in [-0.05, 0) is 30.9 Å². The molecule has 1 aromatic carbocycles. The Morgan fingerprint density at radius 1 is 1.10 bits per heavy atom. The monoisotopic (exact) mass is 414 g/mol. The molecule has 0 aromatic heterocycles. The molecule has 2 N–H and O–H groups in total. The van der Waals surface area contributed by atoms with Crippen LogP contribution in [0.5, 0.6) is 0 Å². The zero-order valence-corrected chi connectivity index (χ0v) is 18.5. The van der Waals surface area contributed by atoms with Crippen LogP contribution in [-0.4, -0.2) is 67.2 Å². The van der Waals surface area contributed by atoms with Crippen molar-refractivity contribution in [1.29, 1.82) is 0 Å². The number of carbonyl (C=O) groups excluding carboxylic acids is 2. The highest BCUT2D eigenvalue weighted by Gasteiger charge is 2.31. The van der Waals surface area contributed by atoms with Gasteiger partial charge in [-0.15, -0.1) is 0 Å². The molecule has 7 heteroatoms. The first-order valence-corrected chi connectivity index (χ1v) is 10.9. The van der Waals surface area contributed by atoms with Crippen LogP contribution < -0.4 is 10.6 Å². The third kappa shape index (κ3) is 5.61. The molecule has 0 spiro atoms. The summed E-state index contributed by atoms with van der Waals surface area (Å²) in [7, 11) is 0. The number of esters is 1. The van der Waals surface area contributed by atoms with Crippen LogP contribution >= 0.6 is 0 Å². The zero-order chi connectivity index (χ0) is 21.7. The van der Waals surface area contributed by atoms with E-state index in [4.69, 9.17) is 4.74 Å². The number of amides is 2. The van der Waals surface area contributed by atoms with Crippen LogP contribution in [0.4, 0.5) is 4.79 Å². The average Bonchev–Trinajstić information content (AvgIpc) is 2.69. The third-order valence-electron chi connectivity index (χ3n) is 5.76. The highest BCUT2D eigenvalue weighted by molar-refractivity contribution is 5.94. The van der Waals surface area contributed by atoms with E-state index in [-0.39, 0.29) is 18.0 Å². The number of nitrogens with one attached hydrogen (secondary N) is 2. The molecule has 2 aliphatic heterocycles. The predicted molar refractivity (Wildman–Crippen MR) is 117 cm³/mol. The molecule has 30 heavy (non-hydrogen) atoms. The zero-order valence-electron chi connectivity index (χ0n) is 18.5. The van der Waals surface area contributed by atoms with Gasteiger partial charge in [-0.1, -0.05) is 38.1 Å². The van der Waals surface area contributed by atoms with Gasteiger partial charge in [0.15, 0.2) is 0 Å². The second kappa shape index (κ2) is 10.1. The van der Waals surface area contributed by atoms with E-state index in [1.807, 2.05) is 6.92 Å². The first-order valence-electron chi connectivity index (χ1n) is 10.9. The number of hydrogen-bond acceptors (Lipinski definition) is 5. The fraction of sp³-hybridized carbons (Fsp3) is 0.565. The third-order valence-corrected chi connectivity index (χ3v) is 5.76. The van der Waals surface area contributed by atoms with Gasteiger partial charge in [0.1, 0.15) is 0 Å². The average molecular weight is 415 g/mol. The minimum atomic E-state index is -0.365. The standard InChI is InChI=1S/C23H34N4O3/c1-5-30-22(28)21-17(4)24-23(29)25-20(21)15-27-12-10-26(11-13-27)14-18-6-8-19(9-7-18)16(2)3/h6-9,16-17H,5,10-15H2,1-4H3,(H2,24,25,29). The lowest BCUT2D eigenvalue weighted by molar-refractivity contribution is -0.139. The van der Waals surface area contributed by atoms with E-state index in [9.17, 15) is 9.59 Å². The fourth-order valence-corrected chi connectivity index (χ4v) is 4.00. The highest BCUT2D eigenvalue weighted by atomic mass is 16.5. The molecule has 0 radical (unpaired) electrons. The molecule has 2 amide bonds. The maximum absolute atomic E-state index is 12.4. The quantitative estimate of drug-likeness (QED) is 0.671. The summed E-state index contributed by atoms with van der Waals surface area (Å²) in [5, 5.41) is 5.57. The summed E-state index contributed by atoms with van der Waals surface area (Å²) in [5.74, 6) is 0.186. The lowest BCUT2D eigenvalue weighted by Gasteiger charge is -2.36. The van der Waals surface area contributed by atoms with Crippen molar-refractivity contribution in [2.24, 2.45) is 0 Å². The molecule has 1 fully saturated rings. The van der Waals surface area contributed by atoms with Crippen molar-refractivity contribution in [3.8, 4) is 0 Å². The summed E-state index contributed by atoms with van der Waals surface area (Å²) in [6.45, 7) is 13.5. The van der Waals surface area contributed by atoms with Crippen LogP contribution in [0.3, 0.4) is 0 Å². The van der Waals surface area contributed by atoms with E-state index in [0.717, 1.165) is 32.7 Å². The molecular formula is C23H34N4O3. The second-order valence-electron chi connectivity index (χ2n) is 8.38. The van der Waals surface area contributed by atoms with Crippen LogP contribution in [-0.2, 0) is 16.1 Å². The molecule has 1 unspecified atom stereocenters. The Bertz CT molecular complexity index is 780. The molecular weight excluding hydrogens is 380 g/mol. The van der Waals surface area contributed by atoms with Gasteiger partial charge in [0.05, 0.1) is 18.2 Å². The Hall–Kier alpha value is -2.38. The van der Waals surface area contributed by atoms with Crippen molar-refractivity contribution in [2.45, 2.75) is 46.2 Å². The number of carbonyl (C=O) groups is 2. The highest BCUT2D eigenvalue weighted by Crippen LogP contribution is 2.18. The van der Waals surface area contributed by atoms with Crippen molar-refractivity contribution >= 4 is 12.0 Å². The van der Waals surface area contributed by atoms with Crippen molar-refractivity contribution in [3.05, 3.63) is 46.7 Å². The largest absolute Gasteiger partial charge is 0.463 e. The van der Waals surface area contributed by atoms with Crippen molar-refractivity contribution in [1.82, 2.24) is 20.4 Å². The maximum atomic E-state index is 12.4. The number of hydrogen-bond donors (Lipinski definition) is 2. The van der Waals surface area contributed by atoms with E-state index in [2.05, 4.69) is 58.5 Å². The second-order valence-corrected chi connectivity index (χ2v) is 8.38. The van der Waals surface area contributed by atoms with Gasteiger partial charge in [0, 0.05) is 45.0 Å². The summed E-state index contributed by atoms with van der Waals surface area (Å²) in [6.07, 6.45) is 0. The molecule has 164 valence electrons. The molecule has 0 aliphatic carbocycles. The van der Waals surface area contributed by atoms with Gasteiger partial charge >= 0.3 is 12.0 Å². The molecule has 2 aliphatic rings. The molecule has 1 saturated heterocycles. The number of benzene rings is 1. The number of rotatable bonds is 7.